The quantitative estimate of drug-likeness (QED) is 0.0733. The molecule has 2 saturated heterocycles. The summed E-state index contributed by atoms with van der Waals surface area (Å²) in [6.07, 6.45) is -8.11. The van der Waals surface area contributed by atoms with Gasteiger partial charge in [-0.05, 0) is 25.8 Å². The van der Waals surface area contributed by atoms with Crippen LogP contribution in [0.25, 0.3) is 0 Å². The Labute approximate surface area is 256 Å². The van der Waals surface area contributed by atoms with Gasteiger partial charge in [-0.25, -0.2) is 9.86 Å². The van der Waals surface area contributed by atoms with E-state index in [9.17, 15) is 30.4 Å². The zero-order chi connectivity index (χ0) is 33.4. The van der Waals surface area contributed by atoms with Gasteiger partial charge in [0.05, 0.1) is 37.6 Å². The highest BCUT2D eigenvalue weighted by Gasteiger charge is 2.42. The van der Waals surface area contributed by atoms with E-state index >= 15 is 0 Å². The number of aliphatic hydroxyl groups is 8. The Hall–Kier alpha value is -1.37. The monoisotopic (exact) mass is 646 g/mol. The molecule has 1 aliphatic carbocycles. The zero-order valence-corrected chi connectivity index (χ0v) is 25.0. The fourth-order valence-electron chi connectivity index (χ4n) is 4.87. The van der Waals surface area contributed by atoms with Gasteiger partial charge in [0.15, 0.2) is 12.6 Å². The van der Waals surface area contributed by atoms with Gasteiger partial charge in [0.2, 0.25) is 0 Å². The Morgan fingerprint density at radius 3 is 2.25 bits per heavy atom. The maximum absolute atomic E-state index is 11.9. The lowest BCUT2D eigenvalue weighted by Crippen LogP contribution is -2.59. The SMILES string of the molecule is CO.NCCC(O)CNCC1O[C@H](O[C@@H]2C(N)CC(NC(=O)N(O)CCN)CC2O)CC(O)[C@@H]1O.OC1COC(O)C(O)C1. The Kier molecular flexibility index (Phi) is 19.8. The van der Waals surface area contributed by atoms with Crippen molar-refractivity contribution in [2.24, 2.45) is 17.2 Å². The van der Waals surface area contributed by atoms with Crippen molar-refractivity contribution in [2.75, 3.05) is 46.4 Å². The fraction of sp³-hybridized carbons (Fsp3) is 0.960. The van der Waals surface area contributed by atoms with E-state index in [0.717, 1.165) is 7.11 Å². The molecule has 0 aromatic rings. The second kappa shape index (κ2) is 21.4. The Balaban J connectivity index is 0.000000742. The van der Waals surface area contributed by atoms with Gasteiger partial charge >= 0.3 is 6.03 Å². The first-order valence-corrected chi connectivity index (χ1v) is 14.6. The highest BCUT2D eigenvalue weighted by Crippen LogP contribution is 2.27. The highest BCUT2D eigenvalue weighted by atomic mass is 16.7. The van der Waals surface area contributed by atoms with Gasteiger partial charge in [-0.3, -0.25) is 5.21 Å². The number of hydroxylamine groups is 2. The molecule has 44 heavy (non-hydrogen) atoms. The van der Waals surface area contributed by atoms with Crippen LogP contribution in [0.4, 0.5) is 4.79 Å². The predicted octanol–water partition coefficient (Wildman–Crippen LogP) is -6.23. The summed E-state index contributed by atoms with van der Waals surface area (Å²) in [6, 6.07) is -1.87. The highest BCUT2D eigenvalue weighted by molar-refractivity contribution is 5.73. The number of hydrogen-bond acceptors (Lipinski definition) is 17. The maximum atomic E-state index is 11.9. The third-order valence-electron chi connectivity index (χ3n) is 7.16. The van der Waals surface area contributed by atoms with E-state index in [0.29, 0.717) is 18.0 Å². The van der Waals surface area contributed by atoms with E-state index in [4.69, 9.17) is 47.1 Å². The van der Waals surface area contributed by atoms with Crippen LogP contribution in [0.3, 0.4) is 0 Å². The molecule has 3 aliphatic rings. The molecular weight excluding hydrogens is 592 g/mol. The van der Waals surface area contributed by atoms with Gasteiger partial charge in [-0.2, -0.15) is 0 Å². The van der Waals surface area contributed by atoms with Crippen LogP contribution in [0.1, 0.15) is 32.1 Å². The summed E-state index contributed by atoms with van der Waals surface area (Å²) in [6.45, 7) is 0.932. The maximum Gasteiger partial charge on any atom is 0.341 e. The number of nitrogens with two attached hydrogens (primary N) is 3. The van der Waals surface area contributed by atoms with E-state index in [1.165, 1.54) is 0 Å². The minimum atomic E-state index is -1.15. The van der Waals surface area contributed by atoms with Crippen LogP contribution in [0, 0.1) is 0 Å². The number of hydrogen-bond donors (Lipinski definition) is 14. The molecule has 0 spiro atoms. The van der Waals surface area contributed by atoms with Crippen molar-refractivity contribution >= 4 is 6.03 Å². The number of amides is 2. The van der Waals surface area contributed by atoms with Crippen LogP contribution in [0.5, 0.6) is 0 Å². The standard InChI is InChI=1S/C19H40N6O8.C5H10O4.CH4O/c20-2-1-11(26)8-23-9-15-17(29)13(27)7-16(32-15)33-18-12(22)5-10(6-14(18)28)24-19(30)25(31)4-3-21;6-3-1-4(7)5(8)9-2-3;1-2/h10-18,23,26-29,31H,1-9,20-22H2,(H,24,30);3-8H,1-2H2;2H,1H3/t10?,11?,12?,13?,14?,15?,16-,17+,18-;;/m1../s1. The first-order valence-electron chi connectivity index (χ1n) is 14.6. The third kappa shape index (κ3) is 14.0. The van der Waals surface area contributed by atoms with Gasteiger partial charge in [0.25, 0.3) is 0 Å². The summed E-state index contributed by atoms with van der Waals surface area (Å²) in [5.41, 5.74) is 16.9. The van der Waals surface area contributed by atoms with E-state index in [-0.39, 0.29) is 58.5 Å². The molecule has 19 nitrogen and oxygen atoms in total. The van der Waals surface area contributed by atoms with E-state index < -0.39 is 79.5 Å². The summed E-state index contributed by atoms with van der Waals surface area (Å²) in [5, 5.41) is 89.7. The first kappa shape index (κ1) is 40.7. The number of ether oxygens (including phenoxy) is 3. The van der Waals surface area contributed by atoms with Crippen molar-refractivity contribution in [2.45, 2.75) is 106 Å². The molecule has 0 aromatic heterocycles. The smallest absolute Gasteiger partial charge is 0.341 e. The Bertz CT molecular complexity index is 768. The molecule has 17 N–H and O–H groups in total. The number of aliphatic hydroxyl groups excluding tert-OH is 8. The van der Waals surface area contributed by atoms with Crippen molar-refractivity contribution < 1.29 is 65.1 Å². The van der Waals surface area contributed by atoms with Gasteiger partial charge in [0.1, 0.15) is 24.4 Å². The van der Waals surface area contributed by atoms with Gasteiger partial charge in [0, 0.05) is 51.7 Å². The molecule has 2 aliphatic heterocycles. The lowest BCUT2D eigenvalue weighted by molar-refractivity contribution is -0.276. The van der Waals surface area contributed by atoms with Crippen molar-refractivity contribution in [1.29, 1.82) is 0 Å². The Morgan fingerprint density at radius 2 is 1.68 bits per heavy atom. The average molecular weight is 647 g/mol. The second-order valence-corrected chi connectivity index (χ2v) is 10.8. The molecule has 0 bridgehead atoms. The van der Waals surface area contributed by atoms with E-state index in [2.05, 4.69) is 15.4 Å². The molecule has 262 valence electrons. The second-order valence-electron chi connectivity index (χ2n) is 10.8. The third-order valence-corrected chi connectivity index (χ3v) is 7.16. The zero-order valence-electron chi connectivity index (χ0n) is 25.0. The number of nitrogens with zero attached hydrogens (tertiary/aromatic N) is 1. The summed E-state index contributed by atoms with van der Waals surface area (Å²) in [4.78, 5) is 11.9. The molecule has 0 aromatic carbocycles. The van der Waals surface area contributed by atoms with Crippen molar-refractivity contribution in [3.63, 3.8) is 0 Å². The topological polar surface area (TPSA) is 332 Å². The molecular formula is C25H54N6O13. The molecule has 12 atom stereocenters. The largest absolute Gasteiger partial charge is 0.400 e. The van der Waals surface area contributed by atoms with Gasteiger partial charge in [-0.1, -0.05) is 0 Å². The van der Waals surface area contributed by atoms with E-state index in [1.807, 2.05) is 0 Å². The number of carbonyl (C=O) groups is 1. The van der Waals surface area contributed by atoms with Crippen LogP contribution in [0.15, 0.2) is 0 Å². The molecule has 9 unspecified atom stereocenters. The minimum Gasteiger partial charge on any atom is -0.400 e. The van der Waals surface area contributed by atoms with Crippen LogP contribution >= 0.6 is 0 Å². The van der Waals surface area contributed by atoms with Crippen molar-refractivity contribution in [3.8, 4) is 0 Å². The average Bonchev–Trinajstić information content (AvgIpc) is 2.97. The van der Waals surface area contributed by atoms with Crippen LogP contribution < -0.4 is 27.8 Å². The lowest BCUT2D eigenvalue weighted by Gasteiger charge is -2.43. The number of urea groups is 1. The number of rotatable bonds is 11. The molecule has 3 fully saturated rings. The molecule has 2 heterocycles. The Morgan fingerprint density at radius 1 is 1.00 bits per heavy atom. The molecule has 2 amide bonds. The first-order chi connectivity index (χ1) is 20.9. The van der Waals surface area contributed by atoms with Gasteiger partial charge < -0.3 is 82.9 Å². The lowest BCUT2D eigenvalue weighted by atomic mass is 9.86. The fourth-order valence-corrected chi connectivity index (χ4v) is 4.87. The van der Waals surface area contributed by atoms with Crippen LogP contribution in [-0.2, 0) is 14.2 Å². The molecule has 0 radical (unpaired) electrons. The minimum absolute atomic E-state index is 0.0118. The van der Waals surface area contributed by atoms with Gasteiger partial charge in [-0.15, -0.1) is 0 Å². The van der Waals surface area contributed by atoms with Crippen LogP contribution in [0.2, 0.25) is 0 Å². The van der Waals surface area contributed by atoms with Crippen LogP contribution in [-0.4, -0.2) is 177 Å². The summed E-state index contributed by atoms with van der Waals surface area (Å²) in [5.74, 6) is 0. The molecule has 1 saturated carbocycles. The summed E-state index contributed by atoms with van der Waals surface area (Å²) >= 11 is 0. The van der Waals surface area contributed by atoms with Crippen molar-refractivity contribution in [1.82, 2.24) is 15.7 Å². The molecule has 19 heteroatoms. The number of nitrogens with one attached hydrogen (secondary N) is 2. The summed E-state index contributed by atoms with van der Waals surface area (Å²) < 4.78 is 16.2. The number of carbonyl (C=O) groups excluding carboxylic acids is 1. The molecule has 3 rings (SSSR count). The van der Waals surface area contributed by atoms with E-state index in [1.54, 1.807) is 0 Å². The normalized spacial score (nSPS) is 36.2. The predicted molar refractivity (Wildman–Crippen MR) is 153 cm³/mol. The summed E-state index contributed by atoms with van der Waals surface area (Å²) in [7, 11) is 1.00. The van der Waals surface area contributed by atoms with Crippen molar-refractivity contribution in [3.05, 3.63) is 0 Å².